The molecule has 0 saturated heterocycles. The van der Waals surface area contributed by atoms with Crippen molar-refractivity contribution < 1.29 is 4.74 Å². The maximum Gasteiger partial charge on any atom is 0.125 e. The van der Waals surface area contributed by atoms with E-state index in [1.165, 1.54) is 16.7 Å². The molecule has 0 N–H and O–H groups in total. The maximum atomic E-state index is 8.70. The first-order valence-corrected chi connectivity index (χ1v) is 6.71. The molecule has 1 rings (SSSR count). The van der Waals surface area contributed by atoms with E-state index in [9.17, 15) is 0 Å². The van der Waals surface area contributed by atoms with Gasteiger partial charge in [0.15, 0.2) is 0 Å². The van der Waals surface area contributed by atoms with Gasteiger partial charge < -0.3 is 4.74 Å². The minimum atomic E-state index is 0.370. The third-order valence-electron chi connectivity index (χ3n) is 3.12. The second-order valence-electron chi connectivity index (χ2n) is 4.95. The number of hydrogen-bond donors (Lipinski definition) is 0. The van der Waals surface area contributed by atoms with Crippen LogP contribution in [0.3, 0.4) is 0 Å². The van der Waals surface area contributed by atoms with Crippen LogP contribution in [0.5, 0.6) is 5.75 Å². The summed E-state index contributed by atoms with van der Waals surface area (Å²) >= 11 is 0. The number of nitrogens with zero attached hydrogens (tertiary/aromatic N) is 1. The molecule has 0 spiro atoms. The third-order valence-corrected chi connectivity index (χ3v) is 3.12. The lowest BCUT2D eigenvalue weighted by Gasteiger charge is -2.19. The van der Waals surface area contributed by atoms with Crippen molar-refractivity contribution in [2.75, 3.05) is 6.61 Å². The summed E-state index contributed by atoms with van der Waals surface area (Å²) in [5.74, 6) is 1.39. The zero-order valence-electron chi connectivity index (χ0n) is 11.9. The van der Waals surface area contributed by atoms with Crippen LogP contribution in [0, 0.1) is 25.2 Å². The number of rotatable bonds is 6. The van der Waals surface area contributed by atoms with Gasteiger partial charge in [-0.3, -0.25) is 0 Å². The van der Waals surface area contributed by atoms with Gasteiger partial charge in [-0.05, 0) is 43.7 Å². The van der Waals surface area contributed by atoms with Gasteiger partial charge in [-0.2, -0.15) is 5.26 Å². The molecule has 0 aliphatic rings. The Hall–Kier alpha value is -1.49. The molecule has 0 amide bonds. The summed E-state index contributed by atoms with van der Waals surface area (Å²) in [6.45, 7) is 9.24. The first-order valence-electron chi connectivity index (χ1n) is 6.71. The number of benzene rings is 1. The smallest absolute Gasteiger partial charge is 0.125 e. The number of hydrogen-bond acceptors (Lipinski definition) is 2. The first-order chi connectivity index (χ1) is 8.60. The predicted octanol–water partition coefficient (Wildman–Crippen LogP) is 4.50. The van der Waals surface area contributed by atoms with Crippen LogP contribution in [0.4, 0.5) is 0 Å². The number of aryl methyl sites for hydroxylation is 2. The van der Waals surface area contributed by atoms with Crippen LogP contribution in [-0.4, -0.2) is 6.61 Å². The fourth-order valence-corrected chi connectivity index (χ4v) is 2.19. The average Bonchev–Trinajstić information content (AvgIpc) is 2.34. The zero-order valence-corrected chi connectivity index (χ0v) is 11.9. The van der Waals surface area contributed by atoms with Crippen molar-refractivity contribution in [3.8, 4) is 11.8 Å². The van der Waals surface area contributed by atoms with Gasteiger partial charge in [0.1, 0.15) is 5.75 Å². The summed E-state index contributed by atoms with van der Waals surface area (Å²) in [6, 6.07) is 6.57. The van der Waals surface area contributed by atoms with Gasteiger partial charge in [0, 0.05) is 6.42 Å². The van der Waals surface area contributed by atoms with Gasteiger partial charge in [0.2, 0.25) is 0 Å². The van der Waals surface area contributed by atoms with Crippen LogP contribution in [0.1, 0.15) is 55.7 Å². The molecule has 1 atom stereocenters. The van der Waals surface area contributed by atoms with Crippen molar-refractivity contribution in [3.05, 3.63) is 28.8 Å². The molecule has 18 heavy (non-hydrogen) atoms. The van der Waals surface area contributed by atoms with Crippen LogP contribution < -0.4 is 4.74 Å². The zero-order chi connectivity index (χ0) is 13.5. The van der Waals surface area contributed by atoms with Crippen molar-refractivity contribution in [2.45, 2.75) is 52.9 Å². The average molecular weight is 245 g/mol. The molecule has 1 aromatic carbocycles. The van der Waals surface area contributed by atoms with Gasteiger partial charge in [-0.15, -0.1) is 0 Å². The van der Waals surface area contributed by atoms with Gasteiger partial charge in [-0.1, -0.05) is 31.5 Å². The molecule has 0 heterocycles. The molecular formula is C16H23NO. The molecular weight excluding hydrogens is 222 g/mol. The van der Waals surface area contributed by atoms with E-state index >= 15 is 0 Å². The summed E-state index contributed by atoms with van der Waals surface area (Å²) in [5, 5.41) is 8.70. The quantitative estimate of drug-likeness (QED) is 0.739. The van der Waals surface area contributed by atoms with Crippen molar-refractivity contribution in [2.24, 2.45) is 0 Å². The van der Waals surface area contributed by atoms with Crippen molar-refractivity contribution in [1.82, 2.24) is 0 Å². The lowest BCUT2D eigenvalue weighted by atomic mass is 9.92. The van der Waals surface area contributed by atoms with Crippen LogP contribution in [0.15, 0.2) is 12.1 Å². The minimum absolute atomic E-state index is 0.370. The fraction of sp³-hybridized carbons (Fsp3) is 0.562. The van der Waals surface area contributed by atoms with Crippen LogP contribution in [0.25, 0.3) is 0 Å². The van der Waals surface area contributed by atoms with Crippen LogP contribution in [-0.2, 0) is 0 Å². The molecule has 0 bridgehead atoms. The SMILES string of the molecule is CCCOc1c(C)cc(C)cc1C(C)CCC#N. The molecule has 2 nitrogen and oxygen atoms in total. The number of ether oxygens (including phenoxy) is 1. The Morgan fingerprint density at radius 3 is 2.67 bits per heavy atom. The van der Waals surface area contributed by atoms with E-state index in [4.69, 9.17) is 10.00 Å². The summed E-state index contributed by atoms with van der Waals surface area (Å²) in [4.78, 5) is 0. The number of nitriles is 1. The highest BCUT2D eigenvalue weighted by atomic mass is 16.5. The van der Waals surface area contributed by atoms with E-state index < -0.39 is 0 Å². The molecule has 0 aliphatic heterocycles. The first kappa shape index (κ1) is 14.6. The van der Waals surface area contributed by atoms with Gasteiger partial charge in [0.05, 0.1) is 12.7 Å². The highest BCUT2D eigenvalue weighted by molar-refractivity contribution is 5.45. The van der Waals surface area contributed by atoms with Gasteiger partial charge >= 0.3 is 0 Å². The van der Waals surface area contributed by atoms with E-state index in [1.54, 1.807) is 0 Å². The normalized spacial score (nSPS) is 11.9. The summed E-state index contributed by atoms with van der Waals surface area (Å²) in [5.41, 5.74) is 3.70. The molecule has 0 aromatic heterocycles. The van der Waals surface area contributed by atoms with Crippen LogP contribution >= 0.6 is 0 Å². The Morgan fingerprint density at radius 2 is 2.06 bits per heavy atom. The van der Waals surface area contributed by atoms with E-state index in [1.807, 2.05) is 0 Å². The molecule has 1 aromatic rings. The summed E-state index contributed by atoms with van der Waals surface area (Å²) in [7, 11) is 0. The van der Waals surface area contributed by atoms with E-state index in [2.05, 4.69) is 45.9 Å². The van der Waals surface area contributed by atoms with E-state index in [0.717, 1.165) is 25.2 Å². The molecule has 1 unspecified atom stereocenters. The standard InChI is InChI=1S/C16H23NO/c1-5-9-18-16-14(4)10-12(2)11-15(16)13(3)7-6-8-17/h10-11,13H,5-7,9H2,1-4H3. The van der Waals surface area contributed by atoms with E-state index in [-0.39, 0.29) is 0 Å². The summed E-state index contributed by atoms with van der Waals surface area (Å²) in [6.07, 6.45) is 2.50. The molecule has 0 radical (unpaired) electrons. The fourth-order valence-electron chi connectivity index (χ4n) is 2.19. The molecule has 98 valence electrons. The maximum absolute atomic E-state index is 8.70. The molecule has 2 heteroatoms. The van der Waals surface area contributed by atoms with Crippen molar-refractivity contribution in [1.29, 1.82) is 5.26 Å². The lowest BCUT2D eigenvalue weighted by Crippen LogP contribution is -2.04. The minimum Gasteiger partial charge on any atom is -0.493 e. The van der Waals surface area contributed by atoms with Gasteiger partial charge in [-0.25, -0.2) is 0 Å². The Kier molecular flexibility index (Phi) is 5.71. The highest BCUT2D eigenvalue weighted by Gasteiger charge is 2.14. The van der Waals surface area contributed by atoms with Gasteiger partial charge in [0.25, 0.3) is 0 Å². The monoisotopic (exact) mass is 245 g/mol. The van der Waals surface area contributed by atoms with Crippen molar-refractivity contribution in [3.63, 3.8) is 0 Å². The second kappa shape index (κ2) is 7.06. The highest BCUT2D eigenvalue weighted by Crippen LogP contribution is 2.33. The second-order valence-corrected chi connectivity index (χ2v) is 4.95. The Morgan fingerprint density at radius 1 is 1.33 bits per heavy atom. The Balaban J connectivity index is 3.02. The Bertz CT molecular complexity index is 431. The lowest BCUT2D eigenvalue weighted by molar-refractivity contribution is 0.310. The topological polar surface area (TPSA) is 33.0 Å². The molecule has 0 aliphatic carbocycles. The predicted molar refractivity (Wildman–Crippen MR) is 75.0 cm³/mol. The summed E-state index contributed by atoms with van der Waals surface area (Å²) < 4.78 is 5.89. The molecule has 0 fully saturated rings. The van der Waals surface area contributed by atoms with E-state index in [0.29, 0.717) is 12.3 Å². The Labute approximate surface area is 111 Å². The molecule has 0 saturated carbocycles. The van der Waals surface area contributed by atoms with Crippen molar-refractivity contribution >= 4 is 0 Å². The largest absolute Gasteiger partial charge is 0.493 e. The third kappa shape index (κ3) is 3.77. The van der Waals surface area contributed by atoms with Crippen LogP contribution in [0.2, 0.25) is 0 Å².